The summed E-state index contributed by atoms with van der Waals surface area (Å²) < 4.78 is 5.69. The summed E-state index contributed by atoms with van der Waals surface area (Å²) in [6.07, 6.45) is 3.43. The maximum absolute atomic E-state index is 12.1. The van der Waals surface area contributed by atoms with Crippen LogP contribution in [-0.2, 0) is 4.79 Å². The van der Waals surface area contributed by atoms with Crippen LogP contribution in [0, 0.1) is 0 Å². The van der Waals surface area contributed by atoms with Crippen LogP contribution in [0.2, 0.25) is 0 Å². The van der Waals surface area contributed by atoms with Crippen LogP contribution >= 0.6 is 11.8 Å². The molecule has 0 fully saturated rings. The molecule has 2 aromatic carbocycles. The Balaban J connectivity index is 1.69. The first kappa shape index (κ1) is 26.5. The SMILES string of the molecule is C=CC(=O)Nc1cc(NC2=NC(c3cccc(NC(C)(C)C)c3)C3SC=CC3N2)c(OC)cc1N(C)C. The number of rotatable bonds is 7. The number of amides is 1. The predicted octanol–water partition coefficient (Wildman–Crippen LogP) is 5.21. The molecule has 4 N–H and O–H groups in total. The van der Waals surface area contributed by atoms with E-state index in [1.165, 1.54) is 6.08 Å². The second-order valence-electron chi connectivity index (χ2n) is 10.3. The number of benzene rings is 2. The van der Waals surface area contributed by atoms with Gasteiger partial charge in [-0.25, -0.2) is 4.99 Å². The molecule has 2 aliphatic heterocycles. The zero-order chi connectivity index (χ0) is 26.7. The zero-order valence-electron chi connectivity index (χ0n) is 22.3. The zero-order valence-corrected chi connectivity index (χ0v) is 23.1. The maximum Gasteiger partial charge on any atom is 0.247 e. The van der Waals surface area contributed by atoms with Crippen LogP contribution in [-0.4, -0.2) is 49.9 Å². The van der Waals surface area contributed by atoms with Crippen molar-refractivity contribution in [2.75, 3.05) is 42.1 Å². The van der Waals surface area contributed by atoms with Crippen LogP contribution < -0.4 is 30.9 Å². The van der Waals surface area contributed by atoms with Crippen molar-refractivity contribution in [3.8, 4) is 5.75 Å². The van der Waals surface area contributed by atoms with E-state index in [0.717, 1.165) is 16.9 Å². The molecule has 196 valence electrons. The second kappa shape index (κ2) is 10.8. The fourth-order valence-electron chi connectivity index (χ4n) is 4.41. The van der Waals surface area contributed by atoms with Crippen LogP contribution in [0.15, 0.2) is 65.5 Å². The molecule has 4 rings (SSSR count). The molecule has 9 heteroatoms. The Morgan fingerprint density at radius 2 is 2.00 bits per heavy atom. The minimum absolute atomic E-state index is 0.0388. The Morgan fingerprint density at radius 1 is 1.22 bits per heavy atom. The van der Waals surface area contributed by atoms with Crippen LogP contribution in [0.5, 0.6) is 5.75 Å². The molecule has 0 saturated carbocycles. The first-order valence-electron chi connectivity index (χ1n) is 12.2. The molecule has 0 spiro atoms. The molecule has 0 aromatic heterocycles. The van der Waals surface area contributed by atoms with Gasteiger partial charge in [0.2, 0.25) is 5.91 Å². The number of anilines is 4. The van der Waals surface area contributed by atoms with Crippen LogP contribution in [0.25, 0.3) is 0 Å². The number of aliphatic imine (C=N–C) groups is 1. The molecule has 0 aliphatic carbocycles. The highest BCUT2D eigenvalue weighted by Gasteiger charge is 2.37. The fraction of sp³-hybridized carbons (Fsp3) is 0.357. The van der Waals surface area contributed by atoms with Crippen LogP contribution in [0.4, 0.5) is 22.7 Å². The number of carbonyl (C=O) groups excluding carboxylic acids is 1. The van der Waals surface area contributed by atoms with E-state index in [2.05, 4.69) is 84.4 Å². The molecule has 3 atom stereocenters. The van der Waals surface area contributed by atoms with E-state index in [1.54, 1.807) is 18.9 Å². The lowest BCUT2D eigenvalue weighted by atomic mass is 9.97. The quantitative estimate of drug-likeness (QED) is 0.373. The van der Waals surface area contributed by atoms with Gasteiger partial charge in [0.15, 0.2) is 5.96 Å². The number of ether oxygens (including phenoxy) is 1. The molecular formula is C28H36N6O2S. The Bertz CT molecular complexity index is 1230. The van der Waals surface area contributed by atoms with Gasteiger partial charge in [0.05, 0.1) is 41.5 Å². The summed E-state index contributed by atoms with van der Waals surface area (Å²) >= 11 is 1.80. The van der Waals surface area contributed by atoms with Crippen molar-refractivity contribution in [3.05, 3.63) is 66.1 Å². The highest BCUT2D eigenvalue weighted by atomic mass is 32.2. The third-order valence-corrected chi connectivity index (χ3v) is 7.18. The molecule has 3 unspecified atom stereocenters. The normalized spacial score (nSPS) is 20.3. The number of hydrogen-bond donors (Lipinski definition) is 4. The molecule has 0 bridgehead atoms. The number of thioether (sulfide) groups is 1. The maximum atomic E-state index is 12.1. The smallest absolute Gasteiger partial charge is 0.247 e. The van der Waals surface area contributed by atoms with Gasteiger partial charge >= 0.3 is 0 Å². The summed E-state index contributed by atoms with van der Waals surface area (Å²) in [6.45, 7) is 10.0. The number of fused-ring (bicyclic) bond motifs is 1. The predicted molar refractivity (Wildman–Crippen MR) is 157 cm³/mol. The van der Waals surface area contributed by atoms with Crippen molar-refractivity contribution in [1.29, 1.82) is 0 Å². The van der Waals surface area contributed by atoms with Crippen LogP contribution in [0.1, 0.15) is 32.4 Å². The van der Waals surface area contributed by atoms with Gasteiger partial charge < -0.3 is 30.9 Å². The number of carbonyl (C=O) groups is 1. The van der Waals surface area contributed by atoms with Crippen LogP contribution in [0.3, 0.4) is 0 Å². The molecule has 0 saturated heterocycles. The van der Waals surface area contributed by atoms with E-state index in [4.69, 9.17) is 9.73 Å². The number of nitrogens with one attached hydrogen (secondary N) is 4. The van der Waals surface area contributed by atoms with Gasteiger partial charge in [0, 0.05) is 31.4 Å². The van der Waals surface area contributed by atoms with E-state index >= 15 is 0 Å². The average molecular weight is 521 g/mol. The van der Waals surface area contributed by atoms with E-state index in [9.17, 15) is 4.79 Å². The third kappa shape index (κ3) is 6.22. The molecule has 37 heavy (non-hydrogen) atoms. The molecule has 2 aliphatic rings. The second-order valence-corrected chi connectivity index (χ2v) is 11.4. The molecule has 2 aromatic rings. The minimum atomic E-state index is -0.285. The Hall–Kier alpha value is -3.59. The van der Waals surface area contributed by atoms with Crippen molar-refractivity contribution in [3.63, 3.8) is 0 Å². The summed E-state index contributed by atoms with van der Waals surface area (Å²) in [5.74, 6) is 0.993. The van der Waals surface area contributed by atoms with E-state index in [-0.39, 0.29) is 28.8 Å². The fourth-order valence-corrected chi connectivity index (χ4v) is 5.54. The molecular weight excluding hydrogens is 484 g/mol. The highest BCUT2D eigenvalue weighted by Crippen LogP contribution is 2.41. The summed E-state index contributed by atoms with van der Waals surface area (Å²) in [4.78, 5) is 19.1. The van der Waals surface area contributed by atoms with Crippen molar-refractivity contribution in [2.24, 2.45) is 4.99 Å². The number of hydrogen-bond acceptors (Lipinski definition) is 8. The molecule has 8 nitrogen and oxygen atoms in total. The Morgan fingerprint density at radius 3 is 2.68 bits per heavy atom. The van der Waals surface area contributed by atoms with Gasteiger partial charge in [-0.15, -0.1) is 11.8 Å². The summed E-state index contributed by atoms with van der Waals surface area (Å²) in [6, 6.07) is 12.3. The van der Waals surface area contributed by atoms with E-state index in [0.29, 0.717) is 23.1 Å². The monoisotopic (exact) mass is 520 g/mol. The largest absolute Gasteiger partial charge is 0.494 e. The van der Waals surface area contributed by atoms with Crippen molar-refractivity contribution >= 4 is 46.4 Å². The lowest BCUT2D eigenvalue weighted by molar-refractivity contribution is -0.111. The molecule has 2 heterocycles. The topological polar surface area (TPSA) is 90.0 Å². The number of nitrogens with zero attached hydrogens (tertiary/aromatic N) is 2. The lowest BCUT2D eigenvalue weighted by Gasteiger charge is -2.33. The van der Waals surface area contributed by atoms with Gasteiger partial charge in [-0.05, 0) is 56.0 Å². The van der Waals surface area contributed by atoms with Crippen molar-refractivity contribution in [2.45, 2.75) is 43.6 Å². The average Bonchev–Trinajstić information content (AvgIpc) is 3.31. The van der Waals surface area contributed by atoms with E-state index in [1.807, 2.05) is 31.1 Å². The molecule has 1 amide bonds. The van der Waals surface area contributed by atoms with Gasteiger partial charge in [0.1, 0.15) is 5.75 Å². The van der Waals surface area contributed by atoms with Gasteiger partial charge in [-0.1, -0.05) is 24.8 Å². The first-order valence-corrected chi connectivity index (χ1v) is 13.2. The van der Waals surface area contributed by atoms with E-state index < -0.39 is 0 Å². The van der Waals surface area contributed by atoms with Gasteiger partial charge in [-0.3, -0.25) is 4.79 Å². The lowest BCUT2D eigenvalue weighted by Crippen LogP contribution is -2.48. The van der Waals surface area contributed by atoms with Gasteiger partial charge in [0.25, 0.3) is 0 Å². The molecule has 0 radical (unpaired) electrons. The first-order chi connectivity index (χ1) is 17.6. The number of methoxy groups -OCH3 is 1. The Labute approximate surface area is 223 Å². The summed E-state index contributed by atoms with van der Waals surface area (Å²) in [7, 11) is 5.45. The Kier molecular flexibility index (Phi) is 7.73. The van der Waals surface area contributed by atoms with Crippen molar-refractivity contribution in [1.82, 2.24) is 5.32 Å². The standard InChI is InChI=1S/C28H36N6O2S/c1-8-24(35)29-20-15-21(23(36-7)16-22(20)34(5)6)31-27-30-19-12-13-37-26(19)25(32-27)17-10-9-11-18(14-17)33-28(2,3)4/h8-16,19,25-26,33H,1H2,2-7H3,(H,29,35)(H2,30,31,32). The third-order valence-electron chi connectivity index (χ3n) is 6.00. The summed E-state index contributed by atoms with van der Waals surface area (Å²) in [5.41, 5.74) is 4.32. The van der Waals surface area contributed by atoms with Gasteiger partial charge in [-0.2, -0.15) is 0 Å². The number of guanidine groups is 1. The summed E-state index contributed by atoms with van der Waals surface area (Å²) in [5, 5.41) is 15.8. The van der Waals surface area contributed by atoms with Crippen molar-refractivity contribution < 1.29 is 9.53 Å². The highest BCUT2D eigenvalue weighted by molar-refractivity contribution is 8.03. The minimum Gasteiger partial charge on any atom is -0.494 e.